The van der Waals surface area contributed by atoms with Crippen molar-refractivity contribution < 1.29 is 14.6 Å². The molecule has 1 saturated heterocycles. The van der Waals surface area contributed by atoms with E-state index in [1.54, 1.807) is 12.4 Å². The molecule has 0 aliphatic carbocycles. The van der Waals surface area contributed by atoms with Crippen molar-refractivity contribution in [3.05, 3.63) is 58.9 Å². The third kappa shape index (κ3) is 5.41. The first-order valence-electron chi connectivity index (χ1n) is 8.46. The summed E-state index contributed by atoms with van der Waals surface area (Å²) >= 11 is 6.13. The molecule has 3 rings (SSSR count). The molecule has 0 bridgehead atoms. The minimum atomic E-state index is -0.701. The maximum Gasteiger partial charge on any atom is 0.124 e. The number of halogens is 1. The number of hydrogen-bond donors (Lipinski definition) is 2. The predicted molar refractivity (Wildman–Crippen MR) is 96.7 cm³/mol. The second-order valence-corrected chi connectivity index (χ2v) is 6.78. The highest BCUT2D eigenvalue weighted by Crippen LogP contribution is 2.25. The average Bonchev–Trinajstić information content (AvgIpc) is 2.62. The smallest absolute Gasteiger partial charge is 0.124 e. The van der Waals surface area contributed by atoms with Gasteiger partial charge in [-0.1, -0.05) is 17.7 Å². The summed E-state index contributed by atoms with van der Waals surface area (Å²) < 4.78 is 11.2. The number of nitrogens with zero attached hydrogens (tertiary/aromatic N) is 1. The topological polar surface area (TPSA) is 63.6 Å². The molecule has 2 aromatic rings. The molecule has 2 heterocycles. The van der Waals surface area contributed by atoms with Gasteiger partial charge in [0.05, 0.1) is 5.60 Å². The third-order valence-corrected chi connectivity index (χ3v) is 4.57. The van der Waals surface area contributed by atoms with E-state index in [9.17, 15) is 5.11 Å². The zero-order valence-corrected chi connectivity index (χ0v) is 14.8. The highest BCUT2D eigenvalue weighted by Gasteiger charge is 2.29. The summed E-state index contributed by atoms with van der Waals surface area (Å²) in [6.45, 7) is 2.75. The molecule has 1 aliphatic rings. The SMILES string of the molecule is OC1(CNCc2cc(Cl)ccc2OCc2cccnc2)CCOCC1. The van der Waals surface area contributed by atoms with Crippen LogP contribution in [0.3, 0.4) is 0 Å². The van der Waals surface area contributed by atoms with Gasteiger partial charge in [-0.2, -0.15) is 0 Å². The van der Waals surface area contributed by atoms with E-state index >= 15 is 0 Å². The molecule has 6 heteroatoms. The zero-order chi connectivity index (χ0) is 17.5. The molecule has 0 spiro atoms. The van der Waals surface area contributed by atoms with Crippen LogP contribution < -0.4 is 10.1 Å². The Hall–Kier alpha value is -1.66. The van der Waals surface area contributed by atoms with Gasteiger partial charge in [0.15, 0.2) is 0 Å². The number of ether oxygens (including phenoxy) is 2. The Bertz CT molecular complexity index is 676. The van der Waals surface area contributed by atoms with E-state index in [0.29, 0.717) is 50.8 Å². The van der Waals surface area contributed by atoms with Crippen LogP contribution in [0, 0.1) is 0 Å². The van der Waals surface area contributed by atoms with E-state index in [2.05, 4.69) is 10.3 Å². The molecule has 0 unspecified atom stereocenters. The summed E-state index contributed by atoms with van der Waals surface area (Å²) in [5.74, 6) is 0.778. The predicted octanol–water partition coefficient (Wildman–Crippen LogP) is 2.95. The van der Waals surface area contributed by atoms with Crippen molar-refractivity contribution in [3.8, 4) is 5.75 Å². The molecule has 0 amide bonds. The molecule has 25 heavy (non-hydrogen) atoms. The van der Waals surface area contributed by atoms with Gasteiger partial charge in [0, 0.05) is 67.7 Å². The Morgan fingerprint density at radius 1 is 1.28 bits per heavy atom. The second-order valence-electron chi connectivity index (χ2n) is 6.34. The molecule has 134 valence electrons. The van der Waals surface area contributed by atoms with E-state index < -0.39 is 5.60 Å². The molecule has 0 atom stereocenters. The highest BCUT2D eigenvalue weighted by atomic mass is 35.5. The van der Waals surface area contributed by atoms with Gasteiger partial charge in [0.1, 0.15) is 12.4 Å². The molecule has 0 saturated carbocycles. The normalized spacial score (nSPS) is 16.6. The monoisotopic (exact) mass is 362 g/mol. The van der Waals surface area contributed by atoms with E-state index in [-0.39, 0.29) is 0 Å². The Morgan fingerprint density at radius 3 is 2.88 bits per heavy atom. The van der Waals surface area contributed by atoms with Crippen LogP contribution in [0.2, 0.25) is 5.02 Å². The van der Waals surface area contributed by atoms with Gasteiger partial charge in [-0.15, -0.1) is 0 Å². The molecule has 1 aliphatic heterocycles. The summed E-state index contributed by atoms with van der Waals surface area (Å²) in [5, 5.41) is 14.5. The quantitative estimate of drug-likeness (QED) is 0.792. The van der Waals surface area contributed by atoms with Crippen molar-refractivity contribution in [2.45, 2.75) is 31.6 Å². The van der Waals surface area contributed by atoms with Crippen LogP contribution in [0.1, 0.15) is 24.0 Å². The van der Waals surface area contributed by atoms with Crippen molar-refractivity contribution in [3.63, 3.8) is 0 Å². The molecule has 0 radical (unpaired) electrons. The van der Waals surface area contributed by atoms with Gasteiger partial charge >= 0.3 is 0 Å². The summed E-state index contributed by atoms with van der Waals surface area (Å²) in [7, 11) is 0. The maximum atomic E-state index is 10.5. The lowest BCUT2D eigenvalue weighted by molar-refractivity contribution is -0.0617. The van der Waals surface area contributed by atoms with Crippen LogP contribution in [-0.4, -0.2) is 35.5 Å². The highest BCUT2D eigenvalue weighted by molar-refractivity contribution is 6.30. The lowest BCUT2D eigenvalue weighted by Crippen LogP contribution is -2.44. The van der Waals surface area contributed by atoms with Crippen LogP contribution in [0.4, 0.5) is 0 Å². The first-order chi connectivity index (χ1) is 12.1. The fourth-order valence-corrected chi connectivity index (χ4v) is 3.02. The molecule has 1 fully saturated rings. The van der Waals surface area contributed by atoms with Gasteiger partial charge in [0.2, 0.25) is 0 Å². The van der Waals surface area contributed by atoms with Gasteiger partial charge in [-0.25, -0.2) is 0 Å². The second kappa shape index (κ2) is 8.63. The molecule has 2 N–H and O–H groups in total. The number of aromatic nitrogens is 1. The maximum absolute atomic E-state index is 10.5. The Labute approximate surface area is 152 Å². The largest absolute Gasteiger partial charge is 0.489 e. The average molecular weight is 363 g/mol. The molecule has 1 aromatic carbocycles. The van der Waals surface area contributed by atoms with Gasteiger partial charge < -0.3 is 19.9 Å². The number of benzene rings is 1. The summed E-state index contributed by atoms with van der Waals surface area (Å²) in [6.07, 6.45) is 4.83. The van der Waals surface area contributed by atoms with Gasteiger partial charge in [-0.3, -0.25) is 4.98 Å². The van der Waals surface area contributed by atoms with Crippen LogP contribution in [0.15, 0.2) is 42.7 Å². The van der Waals surface area contributed by atoms with E-state index in [1.807, 2.05) is 30.3 Å². The molecule has 1 aromatic heterocycles. The molecular formula is C19H23ClN2O3. The first-order valence-corrected chi connectivity index (χ1v) is 8.83. The van der Waals surface area contributed by atoms with Crippen molar-refractivity contribution in [2.75, 3.05) is 19.8 Å². The number of aliphatic hydroxyl groups is 1. The molecular weight excluding hydrogens is 340 g/mol. The third-order valence-electron chi connectivity index (χ3n) is 4.33. The van der Waals surface area contributed by atoms with Crippen molar-refractivity contribution >= 4 is 11.6 Å². The number of pyridine rings is 1. The molecule has 5 nitrogen and oxygen atoms in total. The Balaban J connectivity index is 1.59. The lowest BCUT2D eigenvalue weighted by Gasteiger charge is -2.32. The van der Waals surface area contributed by atoms with Crippen LogP contribution in [-0.2, 0) is 17.9 Å². The summed E-state index contributed by atoms with van der Waals surface area (Å²) in [5.41, 5.74) is 1.27. The van der Waals surface area contributed by atoms with E-state index in [1.165, 1.54) is 0 Å². The van der Waals surface area contributed by atoms with Crippen LogP contribution in [0.5, 0.6) is 5.75 Å². The van der Waals surface area contributed by atoms with E-state index in [0.717, 1.165) is 16.9 Å². The standard InChI is InChI=1S/C19H23ClN2O3/c20-17-3-4-18(25-13-15-2-1-7-21-11-15)16(10-17)12-22-14-19(23)5-8-24-9-6-19/h1-4,7,10-11,22-23H,5-6,8-9,12-14H2. The van der Waals surface area contributed by atoms with Gasteiger partial charge in [0.25, 0.3) is 0 Å². The Kier molecular flexibility index (Phi) is 6.26. The number of hydrogen-bond acceptors (Lipinski definition) is 5. The van der Waals surface area contributed by atoms with E-state index in [4.69, 9.17) is 21.1 Å². The van der Waals surface area contributed by atoms with Crippen molar-refractivity contribution in [1.29, 1.82) is 0 Å². The summed E-state index contributed by atoms with van der Waals surface area (Å²) in [4.78, 5) is 4.09. The fraction of sp³-hybridized carbons (Fsp3) is 0.421. The van der Waals surface area contributed by atoms with Gasteiger partial charge in [-0.05, 0) is 24.3 Å². The zero-order valence-electron chi connectivity index (χ0n) is 14.1. The number of rotatable bonds is 7. The number of nitrogens with one attached hydrogen (secondary N) is 1. The minimum absolute atomic E-state index is 0.448. The Morgan fingerprint density at radius 2 is 2.12 bits per heavy atom. The lowest BCUT2D eigenvalue weighted by atomic mass is 9.94. The van der Waals surface area contributed by atoms with Crippen molar-refractivity contribution in [2.24, 2.45) is 0 Å². The fourth-order valence-electron chi connectivity index (χ4n) is 2.83. The first kappa shape index (κ1) is 18.1. The summed E-state index contributed by atoms with van der Waals surface area (Å²) in [6, 6.07) is 9.44. The van der Waals surface area contributed by atoms with Crippen molar-refractivity contribution in [1.82, 2.24) is 10.3 Å². The van der Waals surface area contributed by atoms with Crippen LogP contribution in [0.25, 0.3) is 0 Å². The van der Waals surface area contributed by atoms with Crippen LogP contribution >= 0.6 is 11.6 Å². The minimum Gasteiger partial charge on any atom is -0.489 e.